The molecule has 1 aromatic heterocycles. The Labute approximate surface area is 174 Å². The number of benzene rings is 2. The fourth-order valence-corrected chi connectivity index (χ4v) is 3.22. The van der Waals surface area contributed by atoms with Gasteiger partial charge in [0.05, 0.1) is 13.0 Å². The van der Waals surface area contributed by atoms with Crippen molar-refractivity contribution in [3.05, 3.63) is 77.1 Å². The number of H-pyrrole nitrogens is 1. The van der Waals surface area contributed by atoms with Crippen LogP contribution in [0.3, 0.4) is 0 Å². The first-order chi connectivity index (χ1) is 14.0. The van der Waals surface area contributed by atoms with Crippen LogP contribution in [-0.2, 0) is 16.0 Å². The summed E-state index contributed by atoms with van der Waals surface area (Å²) < 4.78 is 5.05. The number of hydrogen-bond donors (Lipinski definition) is 2. The molecule has 0 saturated carbocycles. The zero-order valence-electron chi connectivity index (χ0n) is 16.0. The van der Waals surface area contributed by atoms with Crippen molar-refractivity contribution >= 4 is 23.5 Å². The van der Waals surface area contributed by atoms with E-state index in [2.05, 4.69) is 15.5 Å². The summed E-state index contributed by atoms with van der Waals surface area (Å²) in [6, 6.07) is 16.8. The number of amides is 1. The number of nitrogens with one attached hydrogen (secondary N) is 2. The summed E-state index contributed by atoms with van der Waals surface area (Å²) in [4.78, 5) is 24.3. The number of carbonyl (C=O) groups excluding carboxylic acids is 2. The van der Waals surface area contributed by atoms with Crippen molar-refractivity contribution in [2.24, 2.45) is 0 Å². The third-order valence-corrected chi connectivity index (χ3v) is 4.63. The van der Waals surface area contributed by atoms with Crippen molar-refractivity contribution in [2.75, 3.05) is 6.61 Å². The minimum atomic E-state index is -0.401. The first-order valence-corrected chi connectivity index (χ1v) is 9.73. The number of esters is 1. The van der Waals surface area contributed by atoms with E-state index < -0.39 is 6.04 Å². The molecule has 0 aliphatic rings. The molecule has 2 N–H and O–H groups in total. The Balaban J connectivity index is 1.72. The number of hydrogen-bond acceptors (Lipinski definition) is 4. The molecule has 1 heterocycles. The molecular weight excluding hydrogens is 390 g/mol. The van der Waals surface area contributed by atoms with Gasteiger partial charge in [-0.2, -0.15) is 5.10 Å². The van der Waals surface area contributed by atoms with Gasteiger partial charge in [-0.25, -0.2) is 0 Å². The first kappa shape index (κ1) is 20.6. The van der Waals surface area contributed by atoms with Gasteiger partial charge in [-0.15, -0.1) is 0 Å². The maximum atomic E-state index is 12.4. The Morgan fingerprint density at radius 3 is 2.59 bits per heavy atom. The average molecular weight is 412 g/mol. The predicted molar refractivity (Wildman–Crippen MR) is 112 cm³/mol. The molecule has 0 fully saturated rings. The summed E-state index contributed by atoms with van der Waals surface area (Å²) in [5.41, 5.74) is 3.41. The Bertz CT molecular complexity index is 956. The molecule has 29 heavy (non-hydrogen) atoms. The summed E-state index contributed by atoms with van der Waals surface area (Å²) in [5.74, 6) is -0.662. The minimum absolute atomic E-state index is 0.0871. The average Bonchev–Trinajstić information content (AvgIpc) is 3.24. The number of carbonyl (C=O) groups is 2. The molecule has 6 nitrogen and oxygen atoms in total. The molecule has 1 amide bonds. The first-order valence-electron chi connectivity index (χ1n) is 9.36. The van der Waals surface area contributed by atoms with Crippen LogP contribution in [0.15, 0.2) is 60.8 Å². The van der Waals surface area contributed by atoms with E-state index in [0.717, 1.165) is 16.7 Å². The summed E-state index contributed by atoms with van der Waals surface area (Å²) in [6.07, 6.45) is 2.09. The number of aromatic nitrogens is 2. The third-order valence-electron chi connectivity index (χ3n) is 4.39. The minimum Gasteiger partial charge on any atom is -0.466 e. The SMILES string of the molecule is CCOC(=O)C[C@@H](Cc1ccc(-c2cccc(Cl)c2)cc1)NC(=O)c1ccn[nH]1. The number of aromatic amines is 1. The molecular formula is C22H22ClN3O3. The van der Waals surface area contributed by atoms with Crippen LogP contribution < -0.4 is 5.32 Å². The largest absolute Gasteiger partial charge is 0.466 e. The Morgan fingerprint density at radius 1 is 1.14 bits per heavy atom. The molecule has 150 valence electrons. The number of nitrogens with zero attached hydrogens (tertiary/aromatic N) is 1. The van der Waals surface area contributed by atoms with Gasteiger partial charge in [0.15, 0.2) is 0 Å². The van der Waals surface area contributed by atoms with Crippen molar-refractivity contribution in [3.8, 4) is 11.1 Å². The van der Waals surface area contributed by atoms with E-state index in [0.29, 0.717) is 23.7 Å². The van der Waals surface area contributed by atoms with Gasteiger partial charge in [-0.05, 0) is 48.2 Å². The molecule has 0 bridgehead atoms. The predicted octanol–water partition coefficient (Wildman–Crippen LogP) is 4.02. The quantitative estimate of drug-likeness (QED) is 0.548. The lowest BCUT2D eigenvalue weighted by Crippen LogP contribution is -2.38. The molecule has 0 aliphatic carbocycles. The Morgan fingerprint density at radius 2 is 1.93 bits per heavy atom. The maximum Gasteiger partial charge on any atom is 0.307 e. The highest BCUT2D eigenvalue weighted by molar-refractivity contribution is 6.30. The van der Waals surface area contributed by atoms with Gasteiger partial charge < -0.3 is 10.1 Å². The lowest BCUT2D eigenvalue weighted by molar-refractivity contribution is -0.143. The summed E-state index contributed by atoms with van der Waals surface area (Å²) in [7, 11) is 0. The maximum absolute atomic E-state index is 12.4. The number of rotatable bonds is 8. The van der Waals surface area contributed by atoms with Gasteiger partial charge in [-0.1, -0.05) is 48.0 Å². The van der Waals surface area contributed by atoms with Crippen LogP contribution in [0, 0.1) is 0 Å². The van der Waals surface area contributed by atoms with Crippen LogP contribution in [0.5, 0.6) is 0 Å². The van der Waals surface area contributed by atoms with E-state index in [9.17, 15) is 9.59 Å². The Hall–Kier alpha value is -3.12. The molecule has 0 unspecified atom stereocenters. The van der Waals surface area contributed by atoms with Gasteiger partial charge >= 0.3 is 5.97 Å². The van der Waals surface area contributed by atoms with E-state index in [1.54, 1.807) is 13.0 Å². The third kappa shape index (κ3) is 5.93. The monoisotopic (exact) mass is 411 g/mol. The van der Waals surface area contributed by atoms with Crippen molar-refractivity contribution < 1.29 is 14.3 Å². The molecule has 3 aromatic rings. The van der Waals surface area contributed by atoms with E-state index in [-0.39, 0.29) is 18.3 Å². The van der Waals surface area contributed by atoms with Crippen molar-refractivity contribution in [1.29, 1.82) is 0 Å². The molecule has 0 aliphatic heterocycles. The summed E-state index contributed by atoms with van der Waals surface area (Å²) >= 11 is 6.07. The number of halogens is 1. The van der Waals surface area contributed by atoms with Gasteiger partial charge in [0.25, 0.3) is 5.91 Å². The van der Waals surface area contributed by atoms with Crippen LogP contribution in [0.2, 0.25) is 5.02 Å². The van der Waals surface area contributed by atoms with E-state index in [1.165, 1.54) is 6.20 Å². The van der Waals surface area contributed by atoms with Gasteiger partial charge in [-0.3, -0.25) is 14.7 Å². The van der Waals surface area contributed by atoms with E-state index >= 15 is 0 Å². The lowest BCUT2D eigenvalue weighted by atomic mass is 9.99. The molecule has 0 radical (unpaired) electrons. The molecule has 0 saturated heterocycles. The highest BCUT2D eigenvalue weighted by Gasteiger charge is 2.19. The number of ether oxygens (including phenoxy) is 1. The molecule has 7 heteroatoms. The highest BCUT2D eigenvalue weighted by Crippen LogP contribution is 2.23. The van der Waals surface area contributed by atoms with Gasteiger partial charge in [0.2, 0.25) is 0 Å². The highest BCUT2D eigenvalue weighted by atomic mass is 35.5. The second kappa shape index (κ2) is 9.89. The van der Waals surface area contributed by atoms with Gasteiger partial charge in [0.1, 0.15) is 5.69 Å². The molecule has 2 aromatic carbocycles. The van der Waals surface area contributed by atoms with Crippen LogP contribution in [0.25, 0.3) is 11.1 Å². The van der Waals surface area contributed by atoms with Crippen LogP contribution in [0.4, 0.5) is 0 Å². The van der Waals surface area contributed by atoms with E-state index in [4.69, 9.17) is 16.3 Å². The van der Waals surface area contributed by atoms with E-state index in [1.807, 2.05) is 48.5 Å². The topological polar surface area (TPSA) is 84.1 Å². The smallest absolute Gasteiger partial charge is 0.307 e. The molecule has 3 rings (SSSR count). The zero-order valence-corrected chi connectivity index (χ0v) is 16.8. The molecule has 0 spiro atoms. The summed E-state index contributed by atoms with van der Waals surface area (Å²) in [5, 5.41) is 9.97. The fraction of sp³-hybridized carbons (Fsp3) is 0.227. The normalized spacial score (nSPS) is 11.7. The van der Waals surface area contributed by atoms with Gasteiger partial charge in [0, 0.05) is 17.3 Å². The standard InChI is InChI=1S/C22H22ClN3O3/c1-2-29-21(27)14-19(25-22(28)20-10-11-24-26-20)12-15-6-8-16(9-7-15)17-4-3-5-18(23)13-17/h3-11,13,19H,2,12,14H2,1H3,(H,24,26)(H,25,28)/t19-/m1/s1. The van der Waals surface area contributed by atoms with Crippen LogP contribution in [-0.4, -0.2) is 34.7 Å². The lowest BCUT2D eigenvalue weighted by Gasteiger charge is -2.18. The zero-order chi connectivity index (χ0) is 20.6. The second-order valence-electron chi connectivity index (χ2n) is 6.56. The molecule has 1 atom stereocenters. The van der Waals surface area contributed by atoms with Crippen molar-refractivity contribution in [3.63, 3.8) is 0 Å². The van der Waals surface area contributed by atoms with Crippen LogP contribution in [0.1, 0.15) is 29.4 Å². The fourth-order valence-electron chi connectivity index (χ4n) is 3.03. The second-order valence-corrected chi connectivity index (χ2v) is 7.00. The van der Waals surface area contributed by atoms with Crippen molar-refractivity contribution in [2.45, 2.75) is 25.8 Å². The van der Waals surface area contributed by atoms with Crippen molar-refractivity contribution in [1.82, 2.24) is 15.5 Å². The summed E-state index contributed by atoms with van der Waals surface area (Å²) in [6.45, 7) is 2.05. The Kier molecular flexibility index (Phi) is 7.03. The van der Waals surface area contributed by atoms with Crippen LogP contribution >= 0.6 is 11.6 Å².